The molecule has 0 spiro atoms. The fourth-order valence-corrected chi connectivity index (χ4v) is 9.33. The van der Waals surface area contributed by atoms with Crippen molar-refractivity contribution in [2.45, 2.75) is 57.9 Å². The molecule has 2 aromatic carbocycles. The van der Waals surface area contributed by atoms with Gasteiger partial charge in [0.15, 0.2) is 0 Å². The molecule has 0 radical (unpaired) electrons. The summed E-state index contributed by atoms with van der Waals surface area (Å²) in [5, 5.41) is 11.4. The number of carbonyl (C=O) groups is 1. The SMILES string of the molecule is [CH3][SnH]([CH3])[CH2]C(c1ccc(OC(=O)c2ccc3c(c2)OCO3)cc1)C1(O)CCCCC1. The summed E-state index contributed by atoms with van der Waals surface area (Å²) in [6.07, 6.45) is 5.20. The molecule has 6 heteroatoms. The summed E-state index contributed by atoms with van der Waals surface area (Å²) < 4.78 is 17.3. The first-order chi connectivity index (χ1) is 14.4. The van der Waals surface area contributed by atoms with Crippen molar-refractivity contribution in [3.63, 3.8) is 0 Å². The van der Waals surface area contributed by atoms with Gasteiger partial charge in [-0.25, -0.2) is 0 Å². The van der Waals surface area contributed by atoms with Crippen LogP contribution in [0.25, 0.3) is 0 Å². The van der Waals surface area contributed by atoms with Crippen LogP contribution in [0.3, 0.4) is 0 Å². The second kappa shape index (κ2) is 9.18. The van der Waals surface area contributed by atoms with Crippen LogP contribution in [0.5, 0.6) is 17.2 Å². The van der Waals surface area contributed by atoms with Crippen LogP contribution in [-0.4, -0.2) is 43.2 Å². The molecule has 4 rings (SSSR count). The Hall–Kier alpha value is -1.73. The molecule has 2 aromatic rings. The Bertz CT molecular complexity index is 887. The molecular weight excluding hydrogens is 487 g/mol. The summed E-state index contributed by atoms with van der Waals surface area (Å²) in [6.45, 7) is 0.170. The van der Waals surface area contributed by atoms with Crippen LogP contribution in [0.4, 0.5) is 0 Å². The van der Waals surface area contributed by atoms with E-state index in [1.165, 1.54) is 6.42 Å². The molecule has 1 saturated carbocycles. The third-order valence-corrected chi connectivity index (χ3v) is 10.2. The predicted molar refractivity (Wildman–Crippen MR) is 118 cm³/mol. The van der Waals surface area contributed by atoms with Crippen molar-refractivity contribution in [1.82, 2.24) is 0 Å². The van der Waals surface area contributed by atoms with Gasteiger partial charge in [0.2, 0.25) is 6.79 Å². The Labute approximate surface area is 185 Å². The molecule has 1 heterocycles. The molecule has 0 amide bonds. The van der Waals surface area contributed by atoms with E-state index >= 15 is 0 Å². The summed E-state index contributed by atoms with van der Waals surface area (Å²) in [4.78, 5) is 17.3. The minimum absolute atomic E-state index is 0.170. The van der Waals surface area contributed by atoms with Crippen molar-refractivity contribution >= 4 is 25.7 Å². The first kappa shape index (κ1) is 21.5. The van der Waals surface area contributed by atoms with Crippen LogP contribution in [0.15, 0.2) is 42.5 Å². The van der Waals surface area contributed by atoms with Crippen LogP contribution in [0.2, 0.25) is 14.3 Å². The van der Waals surface area contributed by atoms with Crippen LogP contribution in [0.1, 0.15) is 53.9 Å². The Balaban J connectivity index is 1.48. The van der Waals surface area contributed by atoms with Gasteiger partial charge >= 0.3 is 174 Å². The van der Waals surface area contributed by atoms with Crippen LogP contribution in [0, 0.1) is 0 Å². The van der Waals surface area contributed by atoms with Gasteiger partial charge in [-0.2, -0.15) is 0 Å². The van der Waals surface area contributed by atoms with Gasteiger partial charge < -0.3 is 4.74 Å². The molecule has 1 aliphatic heterocycles. The van der Waals surface area contributed by atoms with E-state index in [0.717, 1.165) is 35.7 Å². The van der Waals surface area contributed by atoms with Crippen molar-refractivity contribution in [1.29, 1.82) is 0 Å². The molecule has 0 aromatic heterocycles. The van der Waals surface area contributed by atoms with E-state index < -0.39 is 31.3 Å². The zero-order chi connectivity index (χ0) is 21.1. The zero-order valence-electron chi connectivity index (χ0n) is 17.7. The van der Waals surface area contributed by atoms with E-state index in [1.807, 2.05) is 24.3 Å². The van der Waals surface area contributed by atoms with Gasteiger partial charge in [0, 0.05) is 0 Å². The van der Waals surface area contributed by atoms with Gasteiger partial charge in [-0.3, -0.25) is 0 Å². The number of benzene rings is 2. The molecule has 0 saturated heterocycles. The fraction of sp³-hybridized carbons (Fsp3) is 0.458. The number of hydrogen-bond donors (Lipinski definition) is 1. The van der Waals surface area contributed by atoms with E-state index in [9.17, 15) is 9.90 Å². The number of carbonyl (C=O) groups excluding carboxylic acids is 1. The van der Waals surface area contributed by atoms with Crippen LogP contribution >= 0.6 is 0 Å². The topological polar surface area (TPSA) is 65.0 Å². The Morgan fingerprint density at radius 3 is 2.47 bits per heavy atom. The summed E-state index contributed by atoms with van der Waals surface area (Å²) in [5.41, 5.74) is 0.990. The van der Waals surface area contributed by atoms with Crippen molar-refractivity contribution in [3.05, 3.63) is 53.6 Å². The van der Waals surface area contributed by atoms with E-state index in [0.29, 0.717) is 22.8 Å². The van der Waals surface area contributed by atoms with Gasteiger partial charge in [-0.1, -0.05) is 0 Å². The van der Waals surface area contributed by atoms with Crippen molar-refractivity contribution in [3.8, 4) is 17.2 Å². The third-order valence-electron chi connectivity index (χ3n) is 6.18. The van der Waals surface area contributed by atoms with Gasteiger partial charge in [0.1, 0.15) is 0 Å². The molecular formula is C24H30O5Sn. The van der Waals surface area contributed by atoms with Gasteiger partial charge in [0.25, 0.3) is 0 Å². The number of esters is 1. The van der Waals surface area contributed by atoms with Crippen LogP contribution < -0.4 is 14.2 Å². The number of hydrogen-bond acceptors (Lipinski definition) is 5. The van der Waals surface area contributed by atoms with E-state index in [-0.39, 0.29) is 12.7 Å². The monoisotopic (exact) mass is 518 g/mol. The molecule has 1 N–H and O–H groups in total. The van der Waals surface area contributed by atoms with Crippen LogP contribution in [-0.2, 0) is 0 Å². The van der Waals surface area contributed by atoms with Gasteiger partial charge in [0.05, 0.1) is 0 Å². The number of rotatable bonds is 6. The first-order valence-corrected chi connectivity index (χ1v) is 19.8. The molecule has 30 heavy (non-hydrogen) atoms. The second-order valence-corrected chi connectivity index (χ2v) is 18.2. The Morgan fingerprint density at radius 2 is 1.77 bits per heavy atom. The Morgan fingerprint density at radius 1 is 1.07 bits per heavy atom. The maximum absolute atomic E-state index is 12.5. The molecule has 1 atom stereocenters. The van der Waals surface area contributed by atoms with E-state index in [4.69, 9.17) is 14.2 Å². The Kier molecular flexibility index (Phi) is 6.58. The quantitative estimate of drug-likeness (QED) is 0.336. The molecule has 5 nitrogen and oxygen atoms in total. The zero-order valence-corrected chi connectivity index (χ0v) is 21.0. The summed E-state index contributed by atoms with van der Waals surface area (Å²) >= 11 is -1.56. The van der Waals surface area contributed by atoms with E-state index in [1.54, 1.807) is 18.2 Å². The van der Waals surface area contributed by atoms with Crippen molar-refractivity contribution in [2.75, 3.05) is 6.79 Å². The average molecular weight is 517 g/mol. The maximum atomic E-state index is 12.5. The standard InChI is InChI=1S/C22H23O5.2CH3.Sn.H/c1-15(22(24)11-3-2-4-12-22)16-5-8-18(9-6-16)27-21(23)17-7-10-19-20(13-17)26-14-25-19;;;;/h5-10,13,15,24H,1-4,11-12,14H2;2*1H3;;. The molecule has 160 valence electrons. The molecule has 1 aliphatic carbocycles. The number of aliphatic hydroxyl groups is 1. The second-order valence-electron chi connectivity index (χ2n) is 8.87. The van der Waals surface area contributed by atoms with Crippen molar-refractivity contribution in [2.24, 2.45) is 0 Å². The molecule has 2 aliphatic rings. The molecule has 1 fully saturated rings. The fourth-order valence-electron chi connectivity index (χ4n) is 4.61. The van der Waals surface area contributed by atoms with Crippen molar-refractivity contribution < 1.29 is 24.1 Å². The average Bonchev–Trinajstić information content (AvgIpc) is 3.21. The third kappa shape index (κ3) is 4.77. The first-order valence-electron chi connectivity index (χ1n) is 10.9. The predicted octanol–water partition coefficient (Wildman–Crippen LogP) is 4.90. The van der Waals surface area contributed by atoms with Gasteiger partial charge in [-0.15, -0.1) is 0 Å². The normalized spacial score (nSPS) is 18.3. The molecule has 0 bridgehead atoms. The summed E-state index contributed by atoms with van der Waals surface area (Å²) in [7, 11) is 0. The van der Waals surface area contributed by atoms with Gasteiger partial charge in [-0.05, 0) is 0 Å². The number of fused-ring (bicyclic) bond motifs is 1. The minimum atomic E-state index is -1.56. The summed E-state index contributed by atoms with van der Waals surface area (Å²) in [5.74, 6) is 1.46. The summed E-state index contributed by atoms with van der Waals surface area (Å²) in [6, 6.07) is 12.8. The van der Waals surface area contributed by atoms with E-state index in [2.05, 4.69) is 9.88 Å². The number of ether oxygens (including phenoxy) is 3. The molecule has 1 unspecified atom stereocenters.